The van der Waals surface area contributed by atoms with Crippen molar-refractivity contribution in [2.75, 3.05) is 33.7 Å². The molecule has 1 N–H and O–H groups in total. The predicted molar refractivity (Wildman–Crippen MR) is 76.7 cm³/mol. The van der Waals surface area contributed by atoms with Gasteiger partial charge in [-0.15, -0.1) is 0 Å². The predicted octanol–water partition coefficient (Wildman–Crippen LogP) is 2.21. The van der Waals surface area contributed by atoms with Crippen LogP contribution in [0, 0.1) is 0 Å². The lowest BCUT2D eigenvalue weighted by Gasteiger charge is -2.13. The molecular weight excluding hydrogens is 258 g/mol. The maximum atomic E-state index is 5.32. The smallest absolute Gasteiger partial charge is 0.203 e. The highest BCUT2D eigenvalue weighted by molar-refractivity contribution is 5.67. The van der Waals surface area contributed by atoms with Crippen LogP contribution in [0.15, 0.2) is 24.4 Å². The lowest BCUT2D eigenvalue weighted by Crippen LogP contribution is -1.98. The highest BCUT2D eigenvalue weighted by Crippen LogP contribution is 2.40. The van der Waals surface area contributed by atoms with Gasteiger partial charge in [0.05, 0.1) is 21.3 Å². The molecule has 1 heterocycles. The van der Waals surface area contributed by atoms with Crippen molar-refractivity contribution in [2.45, 2.75) is 0 Å². The molecule has 1 aromatic carbocycles. The third-order valence-electron chi connectivity index (χ3n) is 2.83. The molecule has 0 amide bonds. The van der Waals surface area contributed by atoms with Crippen LogP contribution in [-0.2, 0) is 0 Å². The van der Waals surface area contributed by atoms with Crippen LogP contribution in [0.2, 0.25) is 0 Å². The Morgan fingerprint density at radius 1 is 1.00 bits per heavy atom. The lowest BCUT2D eigenvalue weighted by atomic mass is 10.1. The lowest BCUT2D eigenvalue weighted by molar-refractivity contribution is 0.324. The van der Waals surface area contributed by atoms with Gasteiger partial charge >= 0.3 is 0 Å². The molecule has 6 heteroatoms. The van der Waals surface area contributed by atoms with Gasteiger partial charge in [-0.05, 0) is 18.2 Å². The SMILES string of the molecule is CNc1ccnc(-c2cc(OC)c(OC)c(OC)c2)n1. The van der Waals surface area contributed by atoms with E-state index >= 15 is 0 Å². The molecule has 0 saturated heterocycles. The molecule has 2 aromatic rings. The van der Waals surface area contributed by atoms with Crippen LogP contribution in [0.4, 0.5) is 5.82 Å². The number of methoxy groups -OCH3 is 3. The maximum Gasteiger partial charge on any atom is 0.203 e. The number of nitrogens with zero attached hydrogens (tertiary/aromatic N) is 2. The van der Waals surface area contributed by atoms with Gasteiger partial charge in [0.15, 0.2) is 17.3 Å². The van der Waals surface area contributed by atoms with Crippen molar-refractivity contribution >= 4 is 5.82 Å². The fraction of sp³-hybridized carbons (Fsp3) is 0.286. The molecule has 0 atom stereocenters. The first-order valence-corrected chi connectivity index (χ1v) is 6.04. The molecule has 2 rings (SSSR count). The second-order valence-electron chi connectivity index (χ2n) is 3.93. The maximum absolute atomic E-state index is 5.32. The van der Waals surface area contributed by atoms with Gasteiger partial charge in [0.25, 0.3) is 0 Å². The normalized spacial score (nSPS) is 10.0. The van der Waals surface area contributed by atoms with E-state index in [1.54, 1.807) is 40.6 Å². The summed E-state index contributed by atoms with van der Waals surface area (Å²) in [6.07, 6.45) is 1.69. The minimum Gasteiger partial charge on any atom is -0.493 e. The molecule has 1 aromatic heterocycles. The minimum absolute atomic E-state index is 0.545. The molecule has 20 heavy (non-hydrogen) atoms. The summed E-state index contributed by atoms with van der Waals surface area (Å²) >= 11 is 0. The van der Waals surface area contributed by atoms with Gasteiger partial charge in [0, 0.05) is 18.8 Å². The molecule has 0 saturated carbocycles. The van der Waals surface area contributed by atoms with Gasteiger partial charge < -0.3 is 19.5 Å². The number of benzene rings is 1. The summed E-state index contributed by atoms with van der Waals surface area (Å²) in [6, 6.07) is 5.42. The van der Waals surface area contributed by atoms with Crippen molar-refractivity contribution in [3.8, 4) is 28.6 Å². The molecule has 0 bridgehead atoms. The summed E-state index contributed by atoms with van der Waals surface area (Å²) in [5, 5.41) is 2.98. The van der Waals surface area contributed by atoms with E-state index in [-0.39, 0.29) is 0 Å². The Morgan fingerprint density at radius 3 is 2.15 bits per heavy atom. The highest BCUT2D eigenvalue weighted by atomic mass is 16.5. The fourth-order valence-corrected chi connectivity index (χ4v) is 1.85. The number of rotatable bonds is 5. The second kappa shape index (κ2) is 6.10. The zero-order valence-corrected chi connectivity index (χ0v) is 11.9. The van der Waals surface area contributed by atoms with Crippen molar-refractivity contribution < 1.29 is 14.2 Å². The Labute approximate surface area is 117 Å². The van der Waals surface area contributed by atoms with Gasteiger partial charge in [-0.3, -0.25) is 0 Å². The zero-order valence-electron chi connectivity index (χ0n) is 11.9. The van der Waals surface area contributed by atoms with Crippen LogP contribution in [0.3, 0.4) is 0 Å². The number of aromatic nitrogens is 2. The molecular formula is C14H17N3O3. The number of hydrogen-bond acceptors (Lipinski definition) is 6. The van der Waals surface area contributed by atoms with Gasteiger partial charge in [-0.2, -0.15) is 0 Å². The monoisotopic (exact) mass is 275 g/mol. The third kappa shape index (κ3) is 2.59. The number of anilines is 1. The average molecular weight is 275 g/mol. The van der Waals surface area contributed by atoms with Crippen LogP contribution in [0.25, 0.3) is 11.4 Å². The second-order valence-corrected chi connectivity index (χ2v) is 3.93. The summed E-state index contributed by atoms with van der Waals surface area (Å²) in [6.45, 7) is 0. The highest BCUT2D eigenvalue weighted by Gasteiger charge is 2.15. The summed E-state index contributed by atoms with van der Waals surface area (Å²) in [7, 11) is 6.53. The zero-order chi connectivity index (χ0) is 14.5. The van der Waals surface area contributed by atoms with Crippen LogP contribution in [0.5, 0.6) is 17.2 Å². The first-order valence-electron chi connectivity index (χ1n) is 6.04. The van der Waals surface area contributed by atoms with E-state index in [0.717, 1.165) is 11.4 Å². The number of hydrogen-bond donors (Lipinski definition) is 1. The quantitative estimate of drug-likeness (QED) is 0.902. The Bertz CT molecular complexity index is 577. The van der Waals surface area contributed by atoms with Gasteiger partial charge in [-0.25, -0.2) is 9.97 Å². The summed E-state index contributed by atoms with van der Waals surface area (Å²) in [4.78, 5) is 8.65. The van der Waals surface area contributed by atoms with Crippen molar-refractivity contribution in [3.05, 3.63) is 24.4 Å². The van der Waals surface area contributed by atoms with Crippen molar-refractivity contribution in [1.82, 2.24) is 9.97 Å². The average Bonchev–Trinajstić information content (AvgIpc) is 2.53. The van der Waals surface area contributed by atoms with E-state index in [4.69, 9.17) is 14.2 Å². The Hall–Kier alpha value is -2.50. The van der Waals surface area contributed by atoms with Gasteiger partial charge in [-0.1, -0.05) is 0 Å². The van der Waals surface area contributed by atoms with E-state index in [2.05, 4.69) is 15.3 Å². The van der Waals surface area contributed by atoms with Gasteiger partial charge in [0.2, 0.25) is 5.75 Å². The molecule has 106 valence electrons. The molecule has 6 nitrogen and oxygen atoms in total. The summed E-state index contributed by atoms with van der Waals surface area (Å²) < 4.78 is 15.9. The molecule has 0 aliphatic heterocycles. The molecule has 0 aliphatic rings. The van der Waals surface area contributed by atoms with E-state index in [0.29, 0.717) is 23.1 Å². The van der Waals surface area contributed by atoms with Crippen LogP contribution >= 0.6 is 0 Å². The summed E-state index contributed by atoms with van der Waals surface area (Å²) in [5.74, 6) is 3.00. The van der Waals surface area contributed by atoms with Crippen LogP contribution in [-0.4, -0.2) is 38.3 Å². The summed E-state index contributed by atoms with van der Waals surface area (Å²) in [5.41, 5.74) is 0.789. The van der Waals surface area contributed by atoms with Crippen molar-refractivity contribution in [1.29, 1.82) is 0 Å². The Morgan fingerprint density at radius 2 is 1.65 bits per heavy atom. The van der Waals surface area contributed by atoms with Crippen molar-refractivity contribution in [2.24, 2.45) is 0 Å². The third-order valence-corrected chi connectivity index (χ3v) is 2.83. The molecule has 0 spiro atoms. The molecule has 0 radical (unpaired) electrons. The van der Waals surface area contributed by atoms with Gasteiger partial charge in [0.1, 0.15) is 5.82 Å². The first-order chi connectivity index (χ1) is 9.73. The number of ether oxygens (including phenoxy) is 3. The molecule has 0 aliphatic carbocycles. The Kier molecular flexibility index (Phi) is 4.24. The topological polar surface area (TPSA) is 65.5 Å². The number of nitrogens with one attached hydrogen (secondary N) is 1. The van der Waals surface area contributed by atoms with Crippen molar-refractivity contribution in [3.63, 3.8) is 0 Å². The van der Waals surface area contributed by atoms with E-state index in [9.17, 15) is 0 Å². The fourth-order valence-electron chi connectivity index (χ4n) is 1.85. The van der Waals surface area contributed by atoms with Crippen LogP contribution in [0.1, 0.15) is 0 Å². The largest absolute Gasteiger partial charge is 0.493 e. The molecule has 0 fully saturated rings. The van der Waals surface area contributed by atoms with Crippen LogP contribution < -0.4 is 19.5 Å². The minimum atomic E-state index is 0.545. The first kappa shape index (κ1) is 13.9. The van der Waals surface area contributed by atoms with E-state index < -0.39 is 0 Å². The Balaban J connectivity index is 2.56. The van der Waals surface area contributed by atoms with E-state index in [1.807, 2.05) is 12.1 Å². The van der Waals surface area contributed by atoms with E-state index in [1.165, 1.54) is 0 Å². The standard InChI is InChI=1S/C14H17N3O3/c1-15-12-5-6-16-14(17-12)9-7-10(18-2)13(20-4)11(8-9)19-3/h5-8H,1-4H3,(H,15,16,17). The molecule has 0 unspecified atom stereocenters.